The van der Waals surface area contributed by atoms with E-state index in [4.69, 9.17) is 9.47 Å². The third-order valence-corrected chi connectivity index (χ3v) is 14.4. The van der Waals surface area contributed by atoms with Gasteiger partial charge in [0, 0.05) is 39.8 Å². The Morgan fingerprint density at radius 3 is 1.59 bits per heavy atom. The van der Waals surface area contributed by atoms with Gasteiger partial charge in [-0.15, -0.1) is 0 Å². The number of aryl methyl sites for hydroxylation is 4. The summed E-state index contributed by atoms with van der Waals surface area (Å²) in [6.45, 7) is 8.51. The molecule has 0 amide bonds. The van der Waals surface area contributed by atoms with Crippen LogP contribution in [0.2, 0.25) is 0 Å². The summed E-state index contributed by atoms with van der Waals surface area (Å²) in [5, 5.41) is 24.6. The molecular weight excluding hydrogens is 773 g/mol. The summed E-state index contributed by atoms with van der Waals surface area (Å²) in [6, 6.07) is 27.5. The average Bonchev–Trinajstić information content (AvgIpc) is 3.29. The summed E-state index contributed by atoms with van der Waals surface area (Å²) in [7, 11) is 0. The van der Waals surface area contributed by atoms with Gasteiger partial charge >= 0.3 is 0 Å². The van der Waals surface area contributed by atoms with E-state index in [1.807, 2.05) is 36.4 Å². The van der Waals surface area contributed by atoms with Crippen LogP contribution in [0.3, 0.4) is 0 Å². The number of hydrogen-bond acceptors (Lipinski definition) is 4. The number of hydrogen-bond donors (Lipinski definition) is 2. The van der Waals surface area contributed by atoms with E-state index in [9.17, 15) is 10.2 Å². The second-order valence-corrected chi connectivity index (χ2v) is 19.3. The van der Waals surface area contributed by atoms with Crippen LogP contribution >= 0.6 is 0 Å². The van der Waals surface area contributed by atoms with Crippen molar-refractivity contribution in [1.29, 1.82) is 0 Å². The molecule has 1 saturated carbocycles. The van der Waals surface area contributed by atoms with Gasteiger partial charge in [0.1, 0.15) is 23.0 Å². The maximum absolute atomic E-state index is 12.3. The molecule has 4 aliphatic rings. The van der Waals surface area contributed by atoms with Crippen LogP contribution in [0, 0.1) is 13.8 Å². The molecule has 0 radical (unpaired) electrons. The van der Waals surface area contributed by atoms with Crippen molar-refractivity contribution in [2.24, 2.45) is 0 Å². The molecule has 0 aromatic heterocycles. The highest BCUT2D eigenvalue weighted by Crippen LogP contribution is 2.49. The maximum atomic E-state index is 12.3. The maximum Gasteiger partial charge on any atom is 0.131 e. The van der Waals surface area contributed by atoms with Gasteiger partial charge in [-0.25, -0.2) is 0 Å². The molecule has 4 heteroatoms. The summed E-state index contributed by atoms with van der Waals surface area (Å²) >= 11 is 0. The summed E-state index contributed by atoms with van der Waals surface area (Å²) in [5.74, 6) is 2.22. The van der Waals surface area contributed by atoms with Gasteiger partial charge in [-0.3, -0.25) is 0 Å². The lowest BCUT2D eigenvalue weighted by Crippen LogP contribution is -2.23. The highest BCUT2D eigenvalue weighted by Gasteiger charge is 2.28. The summed E-state index contributed by atoms with van der Waals surface area (Å²) in [6.07, 6.45) is 23.9. The fourth-order valence-corrected chi connectivity index (χ4v) is 11.5. The van der Waals surface area contributed by atoms with Crippen LogP contribution < -0.4 is 9.47 Å². The normalized spacial score (nSPS) is 19.7. The van der Waals surface area contributed by atoms with E-state index in [0.29, 0.717) is 17.9 Å². The molecule has 4 aliphatic carbocycles. The quantitative estimate of drug-likeness (QED) is 0.147. The molecule has 2 atom stereocenters. The number of allylic oxidation sites excluding steroid dienone is 4. The second-order valence-electron chi connectivity index (χ2n) is 19.3. The van der Waals surface area contributed by atoms with E-state index >= 15 is 0 Å². The molecule has 5 aromatic rings. The summed E-state index contributed by atoms with van der Waals surface area (Å²) < 4.78 is 13.6. The predicted octanol–water partition coefficient (Wildman–Crippen LogP) is 15.7. The van der Waals surface area contributed by atoms with Crippen LogP contribution in [0.5, 0.6) is 23.0 Å². The Kier molecular flexibility index (Phi) is 13.2. The smallest absolute Gasteiger partial charge is 0.131 e. The minimum Gasteiger partial charge on any atom is -0.507 e. The van der Waals surface area contributed by atoms with Crippen molar-refractivity contribution in [2.45, 2.75) is 162 Å². The minimum absolute atomic E-state index is 0.174. The number of rotatable bonds is 10. The predicted molar refractivity (Wildman–Crippen MR) is 261 cm³/mol. The first kappa shape index (κ1) is 43.1. The number of aromatic hydroxyl groups is 2. The molecule has 5 aromatic carbocycles. The third-order valence-electron chi connectivity index (χ3n) is 14.4. The van der Waals surface area contributed by atoms with Crippen molar-refractivity contribution in [1.82, 2.24) is 0 Å². The van der Waals surface area contributed by atoms with Crippen LogP contribution in [-0.4, -0.2) is 22.4 Å². The monoisotopic (exact) mass is 841 g/mol. The van der Waals surface area contributed by atoms with Gasteiger partial charge in [-0.05, 0) is 222 Å². The van der Waals surface area contributed by atoms with Crippen LogP contribution in [0.15, 0.2) is 96.1 Å². The highest BCUT2D eigenvalue weighted by atomic mass is 16.5. The lowest BCUT2D eigenvalue weighted by atomic mass is 9.76. The van der Waals surface area contributed by atoms with Crippen LogP contribution in [-0.2, 0) is 25.7 Å². The van der Waals surface area contributed by atoms with Gasteiger partial charge in [-0.2, -0.15) is 0 Å². The van der Waals surface area contributed by atoms with Crippen LogP contribution in [0.1, 0.15) is 149 Å². The number of ether oxygens (including phenoxy) is 2. The second kappa shape index (κ2) is 19.3. The van der Waals surface area contributed by atoms with E-state index in [-0.39, 0.29) is 12.2 Å². The largest absolute Gasteiger partial charge is 0.507 e. The summed E-state index contributed by atoms with van der Waals surface area (Å²) in [5.41, 5.74) is 19.2. The highest BCUT2D eigenvalue weighted by molar-refractivity contribution is 5.89. The Balaban J connectivity index is 0.974. The lowest BCUT2D eigenvalue weighted by Gasteiger charge is -2.29. The van der Waals surface area contributed by atoms with E-state index in [2.05, 4.69) is 76.2 Å². The van der Waals surface area contributed by atoms with Crippen molar-refractivity contribution in [3.05, 3.63) is 135 Å². The van der Waals surface area contributed by atoms with Gasteiger partial charge in [-0.1, -0.05) is 61.4 Å². The van der Waals surface area contributed by atoms with Crippen molar-refractivity contribution in [3.8, 4) is 56.4 Å². The van der Waals surface area contributed by atoms with Gasteiger partial charge in [0.05, 0.1) is 12.2 Å². The average molecular weight is 841 g/mol. The Labute approximate surface area is 377 Å². The molecule has 328 valence electrons. The number of para-hydroxylation sites is 2. The first-order valence-electron chi connectivity index (χ1n) is 24.5. The molecule has 9 rings (SSSR count). The zero-order valence-corrected chi connectivity index (χ0v) is 38.4. The van der Waals surface area contributed by atoms with Crippen molar-refractivity contribution in [3.63, 3.8) is 0 Å². The molecule has 2 N–H and O–H groups in total. The lowest BCUT2D eigenvalue weighted by molar-refractivity contribution is 0.131. The molecular formula is C59H68O4. The topological polar surface area (TPSA) is 58.9 Å². The van der Waals surface area contributed by atoms with Crippen LogP contribution in [0.4, 0.5) is 0 Å². The zero-order valence-electron chi connectivity index (χ0n) is 38.4. The van der Waals surface area contributed by atoms with Gasteiger partial charge in [0.25, 0.3) is 0 Å². The molecule has 0 aliphatic heterocycles. The van der Waals surface area contributed by atoms with Gasteiger partial charge < -0.3 is 19.7 Å². The molecule has 4 nitrogen and oxygen atoms in total. The molecule has 0 heterocycles. The van der Waals surface area contributed by atoms with E-state index in [1.54, 1.807) is 0 Å². The Morgan fingerprint density at radius 2 is 0.952 bits per heavy atom. The Bertz CT molecular complexity index is 2500. The summed E-state index contributed by atoms with van der Waals surface area (Å²) in [4.78, 5) is 0. The van der Waals surface area contributed by atoms with E-state index < -0.39 is 0 Å². The van der Waals surface area contributed by atoms with Crippen molar-refractivity contribution < 1.29 is 19.7 Å². The standard InChI is InChI=1S/C59H68O4/c1-38-32-51(48-27-9-7-5-6-8-20-42-21-10-13-24-45(42)48)58(60)52(33-38)49-28-16-18-30-55(49)62-40(3)36-41(4)63-56-31-19-17-29-50(56)53-34-39(2)35-54(59(53)61)57-46-25-14-11-22-43(46)37-44-23-12-15-26-47(44)57/h16-20,28-35,37,40-41,60-61H,5-15,21-27,36H2,1-4H3/b42-20-,48-45+/t40-,41-/m0/s1. The number of phenols is 2. The van der Waals surface area contributed by atoms with Gasteiger partial charge in [0.2, 0.25) is 0 Å². The third kappa shape index (κ3) is 9.24. The molecule has 0 bridgehead atoms. The number of fused-ring (bicyclic) bond motifs is 3. The molecule has 63 heavy (non-hydrogen) atoms. The number of phenolic OH excluding ortho intramolecular Hbond substituents is 2. The SMILES string of the molecule is Cc1cc(/C2=C3\CCCC\C3=C\CCCCCC2)c(O)c(-c2ccccc2O[C@@H](C)C[C@H](C)Oc2ccccc2-c2cc(C)cc(-c3c4c(cc5c3CCCC5)CCCC4)c2O)c1. The van der Waals surface area contributed by atoms with Crippen molar-refractivity contribution in [2.75, 3.05) is 0 Å². The Hall–Kier alpha value is -5.22. The number of benzene rings is 5. The van der Waals surface area contributed by atoms with Crippen molar-refractivity contribution >= 4 is 5.57 Å². The van der Waals surface area contributed by atoms with E-state index in [1.165, 1.54) is 102 Å². The van der Waals surface area contributed by atoms with Gasteiger partial charge in [0.15, 0.2) is 0 Å². The molecule has 1 fully saturated rings. The minimum atomic E-state index is -0.175. The molecule has 0 spiro atoms. The molecule has 0 unspecified atom stereocenters. The van der Waals surface area contributed by atoms with Crippen LogP contribution in [0.25, 0.3) is 39.0 Å². The first-order valence-corrected chi connectivity index (χ1v) is 24.5. The van der Waals surface area contributed by atoms with E-state index in [0.717, 1.165) is 114 Å². The first-order chi connectivity index (χ1) is 30.7. The molecule has 0 saturated heterocycles. The fourth-order valence-electron chi connectivity index (χ4n) is 11.5. The zero-order chi connectivity index (χ0) is 43.5. The Morgan fingerprint density at radius 1 is 0.476 bits per heavy atom. The fraction of sp³-hybridized carbons (Fsp3) is 0.424.